The van der Waals surface area contributed by atoms with Crippen LogP contribution in [0.3, 0.4) is 0 Å². The molecule has 0 atom stereocenters. The zero-order valence-corrected chi connectivity index (χ0v) is 15.8. The molecule has 2 aromatic carbocycles. The van der Waals surface area contributed by atoms with Crippen LogP contribution in [-0.4, -0.2) is 46.3 Å². The van der Waals surface area contributed by atoms with Crippen LogP contribution in [0.25, 0.3) is 33.7 Å². The third-order valence-electron chi connectivity index (χ3n) is 5.13. The van der Waals surface area contributed by atoms with E-state index in [0.29, 0.717) is 17.3 Å². The summed E-state index contributed by atoms with van der Waals surface area (Å²) < 4.78 is 10.9. The average Bonchev–Trinajstić information content (AvgIpc) is 3.24. The number of H-pyrrole nitrogens is 1. The quantitative estimate of drug-likeness (QED) is 0.578. The Labute approximate surface area is 166 Å². The molecule has 0 spiro atoms. The van der Waals surface area contributed by atoms with Gasteiger partial charge in [0.2, 0.25) is 11.4 Å². The van der Waals surface area contributed by atoms with Crippen molar-refractivity contribution in [3.8, 4) is 22.8 Å². The maximum atomic E-state index is 12.0. The number of nitrogens with zero attached hydrogens (tertiary/aromatic N) is 3. The lowest BCUT2D eigenvalue weighted by Crippen LogP contribution is -2.35. The van der Waals surface area contributed by atoms with Crippen LogP contribution in [0.5, 0.6) is 0 Å². The number of nitrogens with one attached hydrogen (secondary N) is 1. The van der Waals surface area contributed by atoms with E-state index in [1.165, 1.54) is 11.6 Å². The van der Waals surface area contributed by atoms with Crippen LogP contribution >= 0.6 is 0 Å². The van der Waals surface area contributed by atoms with Crippen molar-refractivity contribution in [1.82, 2.24) is 20.0 Å². The van der Waals surface area contributed by atoms with Gasteiger partial charge in [-0.3, -0.25) is 9.69 Å². The lowest BCUT2D eigenvalue weighted by Gasteiger charge is -2.26. The number of ether oxygens (including phenoxy) is 1. The molecule has 0 amide bonds. The van der Waals surface area contributed by atoms with E-state index < -0.39 is 0 Å². The Morgan fingerprint density at radius 3 is 2.66 bits per heavy atom. The summed E-state index contributed by atoms with van der Waals surface area (Å²) in [5.74, 6) is 0.835. The second kappa shape index (κ2) is 7.62. The zero-order valence-electron chi connectivity index (χ0n) is 15.8. The molecule has 4 aromatic rings. The van der Waals surface area contributed by atoms with Gasteiger partial charge in [0.15, 0.2) is 0 Å². The van der Waals surface area contributed by atoms with Gasteiger partial charge in [-0.2, -0.15) is 4.98 Å². The number of pyridine rings is 1. The lowest BCUT2D eigenvalue weighted by atomic mass is 10.1. The molecular formula is C22H20N4O3. The summed E-state index contributed by atoms with van der Waals surface area (Å²) in [6.45, 7) is 4.40. The van der Waals surface area contributed by atoms with Crippen LogP contribution in [-0.2, 0) is 11.3 Å². The number of fused-ring (bicyclic) bond motifs is 1. The number of hydrogen-bond acceptors (Lipinski definition) is 6. The second-order valence-corrected chi connectivity index (χ2v) is 7.10. The van der Waals surface area contributed by atoms with E-state index in [4.69, 9.17) is 9.26 Å². The van der Waals surface area contributed by atoms with Crippen molar-refractivity contribution in [2.75, 3.05) is 26.3 Å². The highest BCUT2D eigenvalue weighted by Gasteiger charge is 2.15. The Morgan fingerprint density at radius 2 is 1.83 bits per heavy atom. The summed E-state index contributed by atoms with van der Waals surface area (Å²) in [4.78, 5) is 21.7. The maximum Gasteiger partial charge on any atom is 0.259 e. The van der Waals surface area contributed by atoms with Gasteiger partial charge in [0.1, 0.15) is 0 Å². The van der Waals surface area contributed by atoms with Crippen molar-refractivity contribution >= 4 is 10.9 Å². The van der Waals surface area contributed by atoms with Crippen molar-refractivity contribution in [1.29, 1.82) is 0 Å². The molecule has 5 rings (SSSR count). The SMILES string of the molecule is O=c1cc(-c2nc(-c3ccc(CN4CCOCC4)cc3)no2)c2ccccc2[nH]1. The summed E-state index contributed by atoms with van der Waals surface area (Å²) in [6, 6.07) is 17.2. The van der Waals surface area contributed by atoms with Crippen LogP contribution in [0.15, 0.2) is 63.9 Å². The van der Waals surface area contributed by atoms with Crippen molar-refractivity contribution in [3.63, 3.8) is 0 Å². The molecule has 3 heterocycles. The minimum absolute atomic E-state index is 0.203. The van der Waals surface area contributed by atoms with Crippen molar-refractivity contribution in [2.24, 2.45) is 0 Å². The molecule has 29 heavy (non-hydrogen) atoms. The van der Waals surface area contributed by atoms with Gasteiger partial charge in [-0.15, -0.1) is 0 Å². The molecule has 1 saturated heterocycles. The number of rotatable bonds is 4. The summed E-state index contributed by atoms with van der Waals surface area (Å²) in [6.07, 6.45) is 0. The third kappa shape index (κ3) is 3.70. The van der Waals surface area contributed by atoms with E-state index in [-0.39, 0.29) is 5.56 Å². The Hall–Kier alpha value is -3.29. The second-order valence-electron chi connectivity index (χ2n) is 7.10. The number of para-hydroxylation sites is 1. The first-order valence-electron chi connectivity index (χ1n) is 9.62. The molecule has 0 bridgehead atoms. The van der Waals surface area contributed by atoms with Gasteiger partial charge in [-0.1, -0.05) is 47.6 Å². The molecule has 0 aliphatic carbocycles. The highest BCUT2D eigenvalue weighted by atomic mass is 16.5. The molecule has 2 aromatic heterocycles. The highest BCUT2D eigenvalue weighted by Crippen LogP contribution is 2.27. The van der Waals surface area contributed by atoms with Crippen LogP contribution in [0.1, 0.15) is 5.56 Å². The van der Waals surface area contributed by atoms with E-state index >= 15 is 0 Å². The Kier molecular flexibility index (Phi) is 4.67. The molecule has 1 aliphatic heterocycles. The third-order valence-corrected chi connectivity index (χ3v) is 5.13. The van der Waals surface area contributed by atoms with Gasteiger partial charge in [0, 0.05) is 42.2 Å². The molecule has 7 nitrogen and oxygen atoms in total. The number of benzene rings is 2. The summed E-state index contributed by atoms with van der Waals surface area (Å²) in [7, 11) is 0. The van der Waals surface area contributed by atoms with E-state index in [2.05, 4.69) is 32.2 Å². The maximum absolute atomic E-state index is 12.0. The van der Waals surface area contributed by atoms with Gasteiger partial charge in [0.05, 0.1) is 18.8 Å². The van der Waals surface area contributed by atoms with Crippen LogP contribution in [0, 0.1) is 0 Å². The number of hydrogen-bond donors (Lipinski definition) is 1. The minimum Gasteiger partial charge on any atom is -0.379 e. The predicted octanol–water partition coefficient (Wildman–Crippen LogP) is 3.08. The normalized spacial score (nSPS) is 15.0. The predicted molar refractivity (Wildman–Crippen MR) is 109 cm³/mol. The van der Waals surface area contributed by atoms with Crippen molar-refractivity contribution in [2.45, 2.75) is 6.54 Å². The molecule has 1 N–H and O–H groups in total. The van der Waals surface area contributed by atoms with E-state index in [9.17, 15) is 4.79 Å². The van der Waals surface area contributed by atoms with Gasteiger partial charge in [-0.05, 0) is 11.6 Å². The van der Waals surface area contributed by atoms with Gasteiger partial charge in [-0.25, -0.2) is 0 Å². The fraction of sp³-hybridized carbons (Fsp3) is 0.227. The summed E-state index contributed by atoms with van der Waals surface area (Å²) in [5, 5.41) is 4.98. The molecule has 7 heteroatoms. The fourth-order valence-electron chi connectivity index (χ4n) is 3.61. The highest BCUT2D eigenvalue weighted by molar-refractivity contribution is 5.92. The first-order chi connectivity index (χ1) is 14.3. The number of aromatic nitrogens is 3. The lowest BCUT2D eigenvalue weighted by molar-refractivity contribution is 0.0342. The van der Waals surface area contributed by atoms with Crippen LogP contribution < -0.4 is 5.56 Å². The van der Waals surface area contributed by atoms with Gasteiger partial charge in [0.25, 0.3) is 5.89 Å². The van der Waals surface area contributed by atoms with Crippen molar-refractivity contribution < 1.29 is 9.26 Å². The smallest absolute Gasteiger partial charge is 0.259 e. The number of morpholine rings is 1. The molecule has 1 aliphatic rings. The van der Waals surface area contributed by atoms with Crippen LogP contribution in [0.4, 0.5) is 0 Å². The molecule has 0 unspecified atom stereocenters. The molecule has 0 saturated carbocycles. The summed E-state index contributed by atoms with van der Waals surface area (Å²) >= 11 is 0. The largest absolute Gasteiger partial charge is 0.379 e. The first kappa shape index (κ1) is 17.8. The van der Waals surface area contributed by atoms with Gasteiger partial charge >= 0.3 is 0 Å². The Balaban J connectivity index is 1.41. The standard InChI is InChI=1S/C22H20N4O3/c27-20-13-18(17-3-1-2-4-19(17)23-20)22-24-21(25-29-22)16-7-5-15(6-8-16)14-26-9-11-28-12-10-26/h1-8,13H,9-12,14H2,(H,23,27). The fourth-order valence-corrected chi connectivity index (χ4v) is 3.61. The Bertz CT molecular complexity index is 1190. The minimum atomic E-state index is -0.203. The van der Waals surface area contributed by atoms with E-state index in [0.717, 1.165) is 49.3 Å². The number of aromatic amines is 1. The molecule has 0 radical (unpaired) electrons. The molecule has 1 fully saturated rings. The molecule has 146 valence electrons. The zero-order chi connectivity index (χ0) is 19.6. The Morgan fingerprint density at radius 1 is 1.03 bits per heavy atom. The topological polar surface area (TPSA) is 84.2 Å². The van der Waals surface area contributed by atoms with Crippen molar-refractivity contribution in [3.05, 3.63) is 70.5 Å². The molecular weight excluding hydrogens is 368 g/mol. The first-order valence-corrected chi connectivity index (χ1v) is 9.62. The van der Waals surface area contributed by atoms with E-state index in [1.807, 2.05) is 36.4 Å². The summed E-state index contributed by atoms with van der Waals surface area (Å²) in [5.41, 5.74) is 3.28. The van der Waals surface area contributed by atoms with Crippen LogP contribution in [0.2, 0.25) is 0 Å². The van der Waals surface area contributed by atoms with E-state index in [1.54, 1.807) is 0 Å². The average molecular weight is 388 g/mol. The monoisotopic (exact) mass is 388 g/mol. The van der Waals surface area contributed by atoms with Gasteiger partial charge < -0.3 is 14.2 Å².